The van der Waals surface area contributed by atoms with Gasteiger partial charge in [0.15, 0.2) is 5.41 Å². The second-order valence-corrected chi connectivity index (χ2v) is 6.93. The van der Waals surface area contributed by atoms with E-state index in [4.69, 9.17) is 23.2 Å². The second-order valence-electron chi connectivity index (χ2n) is 6.12. The average Bonchev–Trinajstić information content (AvgIpc) is 3.01. The number of anilines is 1. The van der Waals surface area contributed by atoms with Crippen LogP contribution >= 0.6 is 23.2 Å². The minimum Gasteiger partial charge on any atom is -0.306 e. The molecule has 1 spiro atoms. The number of halogens is 2. The van der Waals surface area contributed by atoms with Gasteiger partial charge in [-0.3, -0.25) is 19.7 Å². The Morgan fingerprint density at radius 3 is 2.48 bits per heavy atom. The van der Waals surface area contributed by atoms with Crippen molar-refractivity contribution in [2.75, 3.05) is 4.90 Å². The van der Waals surface area contributed by atoms with E-state index in [0.29, 0.717) is 21.3 Å². The fraction of sp³-hybridized carbons (Fsp3) is 0.167. The van der Waals surface area contributed by atoms with Crippen LogP contribution < -0.4 is 10.2 Å². The minimum atomic E-state index is -1.47. The van der Waals surface area contributed by atoms with Crippen molar-refractivity contribution in [3.63, 3.8) is 0 Å². The summed E-state index contributed by atoms with van der Waals surface area (Å²) in [5.41, 5.74) is 0.496. The van der Waals surface area contributed by atoms with Gasteiger partial charge in [0.2, 0.25) is 17.7 Å². The number of rotatable bonds is 2. The number of nitrogens with one attached hydrogen (secondary N) is 1. The Hall–Kier alpha value is -2.37. The molecule has 1 fully saturated rings. The lowest BCUT2D eigenvalue weighted by atomic mass is 9.80. The van der Waals surface area contributed by atoms with E-state index in [1.54, 1.807) is 42.5 Å². The number of amides is 3. The van der Waals surface area contributed by atoms with E-state index >= 15 is 0 Å². The molecule has 0 bridgehead atoms. The smallest absolute Gasteiger partial charge is 0.248 e. The van der Waals surface area contributed by atoms with Crippen LogP contribution in [-0.4, -0.2) is 17.7 Å². The number of fused-ring (bicyclic) bond motifs is 2. The molecule has 1 atom stereocenters. The summed E-state index contributed by atoms with van der Waals surface area (Å²) in [6, 6.07) is 12.2. The molecule has 2 aromatic rings. The monoisotopic (exact) mass is 374 g/mol. The molecular formula is C18H12Cl2N2O3. The van der Waals surface area contributed by atoms with E-state index in [-0.39, 0.29) is 13.0 Å². The molecule has 1 saturated heterocycles. The molecule has 0 aliphatic carbocycles. The zero-order valence-corrected chi connectivity index (χ0v) is 14.4. The van der Waals surface area contributed by atoms with Crippen LogP contribution in [0.2, 0.25) is 10.0 Å². The third-order valence-electron chi connectivity index (χ3n) is 4.66. The first-order chi connectivity index (χ1) is 11.9. The topological polar surface area (TPSA) is 66.5 Å². The molecule has 7 heteroatoms. The van der Waals surface area contributed by atoms with E-state index in [1.807, 2.05) is 0 Å². The summed E-state index contributed by atoms with van der Waals surface area (Å²) >= 11 is 12.0. The first-order valence-corrected chi connectivity index (χ1v) is 8.39. The number of carbonyl (C=O) groups is 3. The predicted octanol–water partition coefficient (Wildman–Crippen LogP) is 2.82. The fourth-order valence-electron chi connectivity index (χ4n) is 3.49. The van der Waals surface area contributed by atoms with E-state index in [2.05, 4.69) is 5.32 Å². The highest BCUT2D eigenvalue weighted by atomic mass is 35.5. The molecule has 1 N–H and O–H groups in total. The van der Waals surface area contributed by atoms with Gasteiger partial charge < -0.3 is 4.90 Å². The van der Waals surface area contributed by atoms with Gasteiger partial charge in [0.1, 0.15) is 0 Å². The Kier molecular flexibility index (Phi) is 3.60. The van der Waals surface area contributed by atoms with Gasteiger partial charge in [0, 0.05) is 11.3 Å². The number of para-hydroxylation sites is 1. The zero-order chi connectivity index (χ0) is 17.8. The van der Waals surface area contributed by atoms with Crippen molar-refractivity contribution < 1.29 is 14.4 Å². The number of hydrogen-bond donors (Lipinski definition) is 1. The largest absolute Gasteiger partial charge is 0.306 e. The summed E-state index contributed by atoms with van der Waals surface area (Å²) < 4.78 is 0. The molecule has 2 aliphatic rings. The number of imide groups is 1. The van der Waals surface area contributed by atoms with Gasteiger partial charge in [-0.05, 0) is 23.8 Å². The third kappa shape index (κ3) is 2.27. The first kappa shape index (κ1) is 16.1. The molecule has 2 heterocycles. The van der Waals surface area contributed by atoms with Gasteiger partial charge in [-0.25, -0.2) is 0 Å². The lowest BCUT2D eigenvalue weighted by molar-refractivity contribution is -0.133. The average molecular weight is 375 g/mol. The summed E-state index contributed by atoms with van der Waals surface area (Å²) in [6.07, 6.45) is -0.167. The number of hydrogen-bond acceptors (Lipinski definition) is 3. The number of nitrogens with zero attached hydrogens (tertiary/aromatic N) is 1. The van der Waals surface area contributed by atoms with Crippen molar-refractivity contribution >= 4 is 46.6 Å². The van der Waals surface area contributed by atoms with Crippen molar-refractivity contribution in [2.45, 2.75) is 18.4 Å². The van der Waals surface area contributed by atoms with E-state index < -0.39 is 23.1 Å². The fourth-order valence-corrected chi connectivity index (χ4v) is 3.81. The van der Waals surface area contributed by atoms with Crippen molar-refractivity contribution in [1.82, 2.24) is 5.32 Å². The van der Waals surface area contributed by atoms with Gasteiger partial charge >= 0.3 is 0 Å². The van der Waals surface area contributed by atoms with Gasteiger partial charge in [0.05, 0.1) is 23.0 Å². The minimum absolute atomic E-state index is 0.167. The van der Waals surface area contributed by atoms with Crippen LogP contribution in [0.15, 0.2) is 42.5 Å². The molecule has 4 rings (SSSR count). The summed E-state index contributed by atoms with van der Waals surface area (Å²) in [4.78, 5) is 38.9. The van der Waals surface area contributed by atoms with Gasteiger partial charge in [-0.1, -0.05) is 47.5 Å². The normalized spacial score (nSPS) is 21.8. The molecule has 0 saturated carbocycles. The highest BCUT2D eigenvalue weighted by Gasteiger charge is 2.60. The molecule has 5 nitrogen and oxygen atoms in total. The first-order valence-electron chi connectivity index (χ1n) is 7.63. The van der Waals surface area contributed by atoms with E-state index in [0.717, 1.165) is 5.56 Å². The summed E-state index contributed by atoms with van der Waals surface area (Å²) in [5.74, 6) is -1.40. The molecule has 2 aromatic carbocycles. The van der Waals surface area contributed by atoms with Crippen molar-refractivity contribution in [1.29, 1.82) is 0 Å². The van der Waals surface area contributed by atoms with E-state index in [1.165, 1.54) is 4.90 Å². The molecule has 0 radical (unpaired) electrons. The molecule has 25 heavy (non-hydrogen) atoms. The predicted molar refractivity (Wildman–Crippen MR) is 93.5 cm³/mol. The lowest BCUT2D eigenvalue weighted by Gasteiger charge is -2.21. The van der Waals surface area contributed by atoms with Gasteiger partial charge in [0.25, 0.3) is 0 Å². The molecule has 3 amide bonds. The quantitative estimate of drug-likeness (QED) is 0.649. The van der Waals surface area contributed by atoms with E-state index in [9.17, 15) is 14.4 Å². The van der Waals surface area contributed by atoms with Crippen molar-refractivity contribution in [3.05, 3.63) is 63.6 Å². The molecular weight excluding hydrogens is 363 g/mol. The molecule has 0 aromatic heterocycles. The highest BCUT2D eigenvalue weighted by Crippen LogP contribution is 2.46. The van der Waals surface area contributed by atoms with Crippen molar-refractivity contribution in [2.24, 2.45) is 0 Å². The highest BCUT2D eigenvalue weighted by molar-refractivity contribution is 6.42. The molecule has 2 aliphatic heterocycles. The standard InChI is InChI=1S/C18H12Cl2N2O3/c19-12-6-5-10(7-13(12)20)9-22-14-4-2-1-3-11(14)18(17(22)25)8-15(23)21-16(18)24/h1-7H,8-9H2,(H,21,23,24). The SMILES string of the molecule is O=C1CC2(C(=O)N1)C(=O)N(Cc1ccc(Cl)c(Cl)c1)c1ccccc12. The second kappa shape index (κ2) is 5.58. The maximum atomic E-state index is 13.2. The Balaban J connectivity index is 1.79. The van der Waals surface area contributed by atoms with Crippen LogP contribution in [0, 0.1) is 0 Å². The number of carbonyl (C=O) groups excluding carboxylic acids is 3. The van der Waals surface area contributed by atoms with Crippen molar-refractivity contribution in [3.8, 4) is 0 Å². The van der Waals surface area contributed by atoms with Crippen LogP contribution in [0.3, 0.4) is 0 Å². The van der Waals surface area contributed by atoms with Gasteiger partial charge in [-0.15, -0.1) is 0 Å². The van der Waals surface area contributed by atoms with Crippen LogP contribution in [0.4, 0.5) is 5.69 Å². The number of benzene rings is 2. The maximum Gasteiger partial charge on any atom is 0.248 e. The van der Waals surface area contributed by atoms with Crippen LogP contribution in [-0.2, 0) is 26.3 Å². The summed E-state index contributed by atoms with van der Waals surface area (Å²) in [6.45, 7) is 0.232. The van der Waals surface area contributed by atoms with Gasteiger partial charge in [-0.2, -0.15) is 0 Å². The Bertz CT molecular complexity index is 944. The third-order valence-corrected chi connectivity index (χ3v) is 5.39. The van der Waals surface area contributed by atoms with Crippen LogP contribution in [0.1, 0.15) is 17.5 Å². The summed E-state index contributed by atoms with van der Waals surface area (Å²) in [5, 5.41) is 3.08. The van der Waals surface area contributed by atoms with Crippen LogP contribution in [0.25, 0.3) is 0 Å². The molecule has 126 valence electrons. The molecule has 1 unspecified atom stereocenters. The summed E-state index contributed by atoms with van der Waals surface area (Å²) in [7, 11) is 0. The Labute approximate surface area is 153 Å². The zero-order valence-electron chi connectivity index (χ0n) is 12.9. The maximum absolute atomic E-state index is 13.2. The Morgan fingerprint density at radius 2 is 1.80 bits per heavy atom. The van der Waals surface area contributed by atoms with Crippen LogP contribution in [0.5, 0.6) is 0 Å². The Morgan fingerprint density at radius 1 is 1.04 bits per heavy atom. The lowest BCUT2D eigenvalue weighted by Crippen LogP contribution is -2.45.